The Morgan fingerprint density at radius 2 is 2.12 bits per heavy atom. The molecule has 2 rings (SSSR count). The first-order chi connectivity index (χ1) is 8.38. The van der Waals surface area contributed by atoms with Crippen LogP contribution in [-0.2, 0) is 17.8 Å². The number of carbonyl (C=O) groups is 1. The summed E-state index contributed by atoms with van der Waals surface area (Å²) in [7, 11) is 0. The van der Waals surface area contributed by atoms with E-state index in [-0.39, 0.29) is 5.92 Å². The van der Waals surface area contributed by atoms with E-state index >= 15 is 0 Å². The third-order valence-corrected chi connectivity index (χ3v) is 2.85. The predicted octanol–water partition coefficient (Wildman–Crippen LogP) is 2.33. The van der Waals surface area contributed by atoms with Crippen molar-refractivity contribution < 1.29 is 4.79 Å². The van der Waals surface area contributed by atoms with Crippen molar-refractivity contribution in [2.45, 2.75) is 19.4 Å². The summed E-state index contributed by atoms with van der Waals surface area (Å²) < 4.78 is 2.00. The van der Waals surface area contributed by atoms with Gasteiger partial charge in [-0.1, -0.05) is 30.3 Å². The number of aromatic nitrogens is 2. The number of hydrogen-bond donors (Lipinski definition) is 0. The molecule has 3 nitrogen and oxygen atoms in total. The molecule has 2 aromatic rings. The first-order valence-electron chi connectivity index (χ1n) is 5.83. The highest BCUT2D eigenvalue weighted by Gasteiger charge is 2.08. The van der Waals surface area contributed by atoms with E-state index in [9.17, 15) is 4.79 Å². The van der Waals surface area contributed by atoms with E-state index in [4.69, 9.17) is 0 Å². The summed E-state index contributed by atoms with van der Waals surface area (Å²) in [6, 6.07) is 10.1. The zero-order valence-electron chi connectivity index (χ0n) is 9.70. The van der Waals surface area contributed by atoms with E-state index in [1.54, 1.807) is 12.5 Å². The maximum absolute atomic E-state index is 11.0. The maximum Gasteiger partial charge on any atom is 0.123 e. The molecule has 0 aliphatic carbocycles. The van der Waals surface area contributed by atoms with Crippen molar-refractivity contribution in [2.24, 2.45) is 5.92 Å². The molecule has 0 saturated heterocycles. The number of rotatable bonds is 6. The highest BCUT2D eigenvalue weighted by molar-refractivity contribution is 5.54. The minimum absolute atomic E-state index is 0.0831. The summed E-state index contributed by atoms with van der Waals surface area (Å²) >= 11 is 0. The standard InChI is InChI=1S/C14H16N2O/c17-11-14(6-8-16-9-7-15-12-16)10-13-4-2-1-3-5-13/h1-5,7,9,11-12,14H,6,8,10H2. The van der Waals surface area contributed by atoms with Crippen LogP contribution in [0.4, 0.5) is 0 Å². The van der Waals surface area contributed by atoms with Gasteiger partial charge < -0.3 is 9.36 Å². The monoisotopic (exact) mass is 228 g/mol. The SMILES string of the molecule is O=CC(CCn1ccnc1)Cc1ccccc1. The van der Waals surface area contributed by atoms with Crippen LogP contribution in [0.5, 0.6) is 0 Å². The van der Waals surface area contributed by atoms with Crippen molar-refractivity contribution in [1.82, 2.24) is 9.55 Å². The Hall–Kier alpha value is -1.90. The molecule has 0 amide bonds. The third kappa shape index (κ3) is 3.55. The van der Waals surface area contributed by atoms with Crippen LogP contribution < -0.4 is 0 Å². The van der Waals surface area contributed by atoms with Crippen LogP contribution >= 0.6 is 0 Å². The molecule has 1 heterocycles. The second kappa shape index (κ2) is 5.99. The summed E-state index contributed by atoms with van der Waals surface area (Å²) in [5.74, 6) is 0.0831. The van der Waals surface area contributed by atoms with Crippen molar-refractivity contribution in [3.63, 3.8) is 0 Å². The Kier molecular flexibility index (Phi) is 4.08. The Morgan fingerprint density at radius 1 is 1.29 bits per heavy atom. The molecule has 0 N–H and O–H groups in total. The molecule has 0 bridgehead atoms. The van der Waals surface area contributed by atoms with Crippen LogP contribution in [0.25, 0.3) is 0 Å². The van der Waals surface area contributed by atoms with Crippen LogP contribution in [0.15, 0.2) is 49.1 Å². The van der Waals surface area contributed by atoms with Gasteiger partial charge in [0, 0.05) is 24.9 Å². The van der Waals surface area contributed by atoms with Crippen LogP contribution in [0.1, 0.15) is 12.0 Å². The fraction of sp³-hybridized carbons (Fsp3) is 0.286. The smallest absolute Gasteiger partial charge is 0.123 e. The number of aldehydes is 1. The van der Waals surface area contributed by atoms with E-state index in [1.807, 2.05) is 29.0 Å². The summed E-state index contributed by atoms with van der Waals surface area (Å²) in [5, 5.41) is 0. The first kappa shape index (κ1) is 11.6. The molecule has 0 radical (unpaired) electrons. The molecule has 1 unspecified atom stereocenters. The molecule has 1 aromatic heterocycles. The molecule has 88 valence electrons. The number of aryl methyl sites for hydroxylation is 1. The molecular weight excluding hydrogens is 212 g/mol. The highest BCUT2D eigenvalue weighted by atomic mass is 16.1. The molecule has 0 aliphatic heterocycles. The summed E-state index contributed by atoms with van der Waals surface area (Å²) in [6.07, 6.45) is 8.19. The average molecular weight is 228 g/mol. The van der Waals surface area contributed by atoms with Gasteiger partial charge in [0.2, 0.25) is 0 Å². The van der Waals surface area contributed by atoms with Gasteiger partial charge >= 0.3 is 0 Å². The Bertz CT molecular complexity index is 437. The lowest BCUT2D eigenvalue weighted by atomic mass is 9.98. The van der Waals surface area contributed by atoms with Crippen LogP contribution in [0, 0.1) is 5.92 Å². The lowest BCUT2D eigenvalue weighted by Crippen LogP contribution is -2.09. The fourth-order valence-electron chi connectivity index (χ4n) is 1.87. The number of benzene rings is 1. The quantitative estimate of drug-likeness (QED) is 0.711. The van der Waals surface area contributed by atoms with Gasteiger partial charge in [0.15, 0.2) is 0 Å². The maximum atomic E-state index is 11.0. The lowest BCUT2D eigenvalue weighted by Gasteiger charge is -2.10. The van der Waals surface area contributed by atoms with Gasteiger partial charge in [0.25, 0.3) is 0 Å². The van der Waals surface area contributed by atoms with Gasteiger partial charge in [-0.15, -0.1) is 0 Å². The minimum atomic E-state index is 0.0831. The molecule has 1 atom stereocenters. The van der Waals surface area contributed by atoms with Crippen molar-refractivity contribution in [3.8, 4) is 0 Å². The van der Waals surface area contributed by atoms with Crippen molar-refractivity contribution in [2.75, 3.05) is 0 Å². The van der Waals surface area contributed by atoms with Crippen LogP contribution in [0.2, 0.25) is 0 Å². The van der Waals surface area contributed by atoms with E-state index < -0.39 is 0 Å². The number of nitrogens with zero attached hydrogens (tertiary/aromatic N) is 2. The summed E-state index contributed by atoms with van der Waals surface area (Å²) in [6.45, 7) is 0.843. The van der Waals surface area contributed by atoms with Crippen molar-refractivity contribution in [3.05, 3.63) is 54.6 Å². The fourth-order valence-corrected chi connectivity index (χ4v) is 1.87. The van der Waals surface area contributed by atoms with Crippen molar-refractivity contribution >= 4 is 6.29 Å². The van der Waals surface area contributed by atoms with E-state index in [0.717, 1.165) is 25.7 Å². The molecule has 17 heavy (non-hydrogen) atoms. The normalized spacial score (nSPS) is 12.2. The largest absolute Gasteiger partial charge is 0.337 e. The molecule has 0 aliphatic rings. The molecule has 0 saturated carbocycles. The first-order valence-corrected chi connectivity index (χ1v) is 5.83. The molecule has 0 spiro atoms. The van der Waals surface area contributed by atoms with Crippen LogP contribution in [0.3, 0.4) is 0 Å². The second-order valence-electron chi connectivity index (χ2n) is 4.18. The predicted molar refractivity (Wildman–Crippen MR) is 66.5 cm³/mol. The highest BCUT2D eigenvalue weighted by Crippen LogP contribution is 2.11. The van der Waals surface area contributed by atoms with E-state index in [0.29, 0.717) is 0 Å². The van der Waals surface area contributed by atoms with Gasteiger partial charge in [-0.3, -0.25) is 0 Å². The van der Waals surface area contributed by atoms with E-state index in [1.165, 1.54) is 5.56 Å². The lowest BCUT2D eigenvalue weighted by molar-refractivity contribution is -0.111. The molecule has 0 fully saturated rings. The number of carbonyl (C=O) groups excluding carboxylic acids is 1. The van der Waals surface area contributed by atoms with Gasteiger partial charge in [-0.2, -0.15) is 0 Å². The third-order valence-electron chi connectivity index (χ3n) is 2.85. The Balaban J connectivity index is 1.87. The van der Waals surface area contributed by atoms with Crippen LogP contribution in [-0.4, -0.2) is 15.8 Å². The minimum Gasteiger partial charge on any atom is -0.337 e. The Morgan fingerprint density at radius 3 is 2.76 bits per heavy atom. The molecular formula is C14H16N2O. The van der Waals surface area contributed by atoms with Gasteiger partial charge in [-0.05, 0) is 18.4 Å². The zero-order valence-corrected chi connectivity index (χ0v) is 9.70. The van der Waals surface area contributed by atoms with Gasteiger partial charge in [0.1, 0.15) is 6.29 Å². The summed E-state index contributed by atoms with van der Waals surface area (Å²) in [5.41, 5.74) is 1.22. The number of hydrogen-bond acceptors (Lipinski definition) is 2. The average Bonchev–Trinajstić information content (AvgIpc) is 2.89. The van der Waals surface area contributed by atoms with Crippen molar-refractivity contribution in [1.29, 1.82) is 0 Å². The summed E-state index contributed by atoms with van der Waals surface area (Å²) in [4.78, 5) is 15.0. The zero-order chi connectivity index (χ0) is 11.9. The Labute approximate surface area is 101 Å². The second-order valence-corrected chi connectivity index (χ2v) is 4.18. The van der Waals surface area contributed by atoms with Gasteiger partial charge in [0.05, 0.1) is 6.33 Å². The van der Waals surface area contributed by atoms with Gasteiger partial charge in [-0.25, -0.2) is 4.98 Å². The topological polar surface area (TPSA) is 34.9 Å². The number of imidazole rings is 1. The molecule has 3 heteroatoms. The molecule has 1 aromatic carbocycles. The van der Waals surface area contributed by atoms with E-state index in [2.05, 4.69) is 17.1 Å².